The Labute approximate surface area is 205 Å². The Hall–Kier alpha value is -3.64. The first-order valence-electron chi connectivity index (χ1n) is 12.1. The molecule has 5 rings (SSSR count). The van der Waals surface area contributed by atoms with E-state index < -0.39 is 0 Å². The molecule has 1 saturated heterocycles. The molecule has 1 N–H and O–H groups in total. The van der Waals surface area contributed by atoms with Crippen molar-refractivity contribution in [3.8, 4) is 5.75 Å². The molecule has 0 spiro atoms. The SMILES string of the molecule is Cc1[nH]c2ccc(C(=O)N(Cc3cccc(OCC4CCOC4)c3)Cc3ccccn3)cc2c1C. The van der Waals surface area contributed by atoms with Gasteiger partial charge in [0.25, 0.3) is 5.91 Å². The number of benzene rings is 2. The summed E-state index contributed by atoms with van der Waals surface area (Å²) in [5.41, 5.74) is 5.88. The van der Waals surface area contributed by atoms with Crippen LogP contribution in [-0.2, 0) is 17.8 Å². The third-order valence-electron chi connectivity index (χ3n) is 6.70. The molecular formula is C29H31N3O3. The maximum absolute atomic E-state index is 13.7. The second kappa shape index (κ2) is 10.3. The minimum atomic E-state index is -0.0229. The van der Waals surface area contributed by atoms with E-state index in [9.17, 15) is 4.79 Å². The maximum Gasteiger partial charge on any atom is 0.254 e. The van der Waals surface area contributed by atoms with Crippen molar-refractivity contribution in [2.45, 2.75) is 33.4 Å². The van der Waals surface area contributed by atoms with Crippen LogP contribution in [0.1, 0.15) is 39.3 Å². The van der Waals surface area contributed by atoms with Gasteiger partial charge in [0, 0.05) is 47.4 Å². The van der Waals surface area contributed by atoms with Gasteiger partial charge in [0.2, 0.25) is 0 Å². The summed E-state index contributed by atoms with van der Waals surface area (Å²) in [6.07, 6.45) is 2.80. The number of fused-ring (bicyclic) bond motifs is 1. The van der Waals surface area contributed by atoms with Crippen molar-refractivity contribution in [1.29, 1.82) is 0 Å². The van der Waals surface area contributed by atoms with Crippen LogP contribution in [0, 0.1) is 19.8 Å². The summed E-state index contributed by atoms with van der Waals surface area (Å²) in [4.78, 5) is 23.4. The first-order valence-corrected chi connectivity index (χ1v) is 12.1. The second-order valence-electron chi connectivity index (χ2n) is 9.31. The number of rotatable bonds is 8. The van der Waals surface area contributed by atoms with Crippen LogP contribution < -0.4 is 4.74 Å². The van der Waals surface area contributed by atoms with Gasteiger partial charge in [-0.25, -0.2) is 0 Å². The lowest BCUT2D eigenvalue weighted by Crippen LogP contribution is -2.30. The summed E-state index contributed by atoms with van der Waals surface area (Å²) < 4.78 is 11.5. The highest BCUT2D eigenvalue weighted by Crippen LogP contribution is 2.25. The maximum atomic E-state index is 13.7. The summed E-state index contributed by atoms with van der Waals surface area (Å²) in [6, 6.07) is 19.7. The Morgan fingerprint density at radius 2 is 2.03 bits per heavy atom. The number of H-pyrrole nitrogens is 1. The van der Waals surface area contributed by atoms with Gasteiger partial charge in [0.1, 0.15) is 5.75 Å². The topological polar surface area (TPSA) is 67.5 Å². The molecule has 3 heterocycles. The third kappa shape index (κ3) is 5.38. The van der Waals surface area contributed by atoms with E-state index in [1.165, 1.54) is 5.56 Å². The molecule has 4 aromatic rings. The number of hydrogen-bond donors (Lipinski definition) is 1. The van der Waals surface area contributed by atoms with Gasteiger partial charge in [-0.2, -0.15) is 0 Å². The Kier molecular flexibility index (Phi) is 6.82. The predicted octanol–water partition coefficient (Wildman–Crippen LogP) is 5.44. The third-order valence-corrected chi connectivity index (χ3v) is 6.70. The number of ether oxygens (including phenoxy) is 2. The number of nitrogens with one attached hydrogen (secondary N) is 1. The van der Waals surface area contributed by atoms with Crippen LogP contribution in [0.2, 0.25) is 0 Å². The van der Waals surface area contributed by atoms with Gasteiger partial charge in [-0.15, -0.1) is 0 Å². The fraction of sp³-hybridized carbons (Fsp3) is 0.310. The molecular weight excluding hydrogens is 438 g/mol. The predicted molar refractivity (Wildman–Crippen MR) is 136 cm³/mol. The number of nitrogens with zero attached hydrogens (tertiary/aromatic N) is 2. The van der Waals surface area contributed by atoms with Gasteiger partial charge >= 0.3 is 0 Å². The van der Waals surface area contributed by atoms with Crippen molar-refractivity contribution >= 4 is 16.8 Å². The number of hydrogen-bond acceptors (Lipinski definition) is 4. The number of aromatic amines is 1. The Morgan fingerprint density at radius 3 is 2.83 bits per heavy atom. The highest BCUT2D eigenvalue weighted by atomic mass is 16.5. The molecule has 1 aliphatic heterocycles. The van der Waals surface area contributed by atoms with E-state index in [2.05, 4.69) is 23.8 Å². The molecule has 0 bridgehead atoms. The van der Waals surface area contributed by atoms with Gasteiger partial charge in [0.15, 0.2) is 0 Å². The van der Waals surface area contributed by atoms with Crippen LogP contribution in [-0.4, -0.2) is 40.6 Å². The molecule has 1 amide bonds. The average Bonchev–Trinajstić information content (AvgIpc) is 3.50. The number of amides is 1. The highest BCUT2D eigenvalue weighted by molar-refractivity contribution is 5.99. The molecule has 0 aliphatic carbocycles. The molecule has 1 atom stereocenters. The van der Waals surface area contributed by atoms with Crippen LogP contribution in [0.5, 0.6) is 5.75 Å². The summed E-state index contributed by atoms with van der Waals surface area (Å²) in [5.74, 6) is 1.24. The molecule has 2 aromatic heterocycles. The zero-order chi connectivity index (χ0) is 24.2. The quantitative estimate of drug-likeness (QED) is 0.373. The lowest BCUT2D eigenvalue weighted by molar-refractivity contribution is 0.0727. The molecule has 1 unspecified atom stereocenters. The first-order chi connectivity index (χ1) is 17.1. The summed E-state index contributed by atoms with van der Waals surface area (Å²) in [7, 11) is 0. The molecule has 35 heavy (non-hydrogen) atoms. The first kappa shape index (κ1) is 23.1. The van der Waals surface area contributed by atoms with Crippen LogP contribution >= 0.6 is 0 Å². The smallest absolute Gasteiger partial charge is 0.254 e. The van der Waals surface area contributed by atoms with Crippen molar-refractivity contribution in [2.75, 3.05) is 19.8 Å². The molecule has 180 valence electrons. The fourth-order valence-corrected chi connectivity index (χ4v) is 4.55. The largest absolute Gasteiger partial charge is 0.493 e. The van der Waals surface area contributed by atoms with Gasteiger partial charge < -0.3 is 19.4 Å². The lowest BCUT2D eigenvalue weighted by Gasteiger charge is -2.23. The fourth-order valence-electron chi connectivity index (χ4n) is 4.55. The van der Waals surface area contributed by atoms with Crippen molar-refractivity contribution in [3.05, 3.63) is 94.9 Å². The summed E-state index contributed by atoms with van der Waals surface area (Å²) in [6.45, 7) is 7.24. The molecule has 0 saturated carbocycles. The lowest BCUT2D eigenvalue weighted by atomic mass is 10.1. The zero-order valence-electron chi connectivity index (χ0n) is 20.3. The number of pyridine rings is 1. The Bertz CT molecular complexity index is 1310. The average molecular weight is 470 g/mol. The van der Waals surface area contributed by atoms with Gasteiger partial charge in [-0.3, -0.25) is 9.78 Å². The van der Waals surface area contributed by atoms with E-state index >= 15 is 0 Å². The van der Waals surface area contributed by atoms with Gasteiger partial charge in [0.05, 0.1) is 25.5 Å². The molecule has 6 heteroatoms. The van der Waals surface area contributed by atoms with Crippen LogP contribution in [0.4, 0.5) is 0 Å². The van der Waals surface area contributed by atoms with E-state index in [-0.39, 0.29) is 5.91 Å². The van der Waals surface area contributed by atoms with E-state index in [1.807, 2.05) is 65.6 Å². The number of carbonyl (C=O) groups is 1. The van der Waals surface area contributed by atoms with Crippen molar-refractivity contribution < 1.29 is 14.3 Å². The standard InChI is InChI=1S/C29H31N3O3/c1-20-21(2)31-28-10-9-24(15-27(20)28)29(33)32(17-25-7-3-4-12-30-25)16-22-6-5-8-26(14-22)35-19-23-11-13-34-18-23/h3-10,12,14-15,23,31H,11,13,16-19H2,1-2H3. The van der Waals surface area contributed by atoms with Crippen molar-refractivity contribution in [3.63, 3.8) is 0 Å². The Morgan fingerprint density at radius 1 is 1.11 bits per heavy atom. The number of carbonyl (C=O) groups excluding carboxylic acids is 1. The monoisotopic (exact) mass is 469 g/mol. The van der Waals surface area contributed by atoms with Gasteiger partial charge in [-0.05, 0) is 73.9 Å². The molecule has 6 nitrogen and oxygen atoms in total. The second-order valence-corrected chi connectivity index (χ2v) is 9.31. The van der Waals surface area contributed by atoms with E-state index in [0.717, 1.165) is 53.2 Å². The van der Waals surface area contributed by atoms with E-state index in [1.54, 1.807) is 6.20 Å². The van der Waals surface area contributed by atoms with Crippen molar-refractivity contribution in [1.82, 2.24) is 14.9 Å². The molecule has 1 fully saturated rings. The normalized spacial score (nSPS) is 15.4. The van der Waals surface area contributed by atoms with E-state index in [4.69, 9.17) is 9.47 Å². The van der Waals surface area contributed by atoms with Crippen LogP contribution in [0.15, 0.2) is 66.9 Å². The van der Waals surface area contributed by atoms with Crippen LogP contribution in [0.25, 0.3) is 10.9 Å². The number of aryl methyl sites for hydroxylation is 2. The minimum absolute atomic E-state index is 0.0229. The van der Waals surface area contributed by atoms with Gasteiger partial charge in [-0.1, -0.05) is 18.2 Å². The van der Waals surface area contributed by atoms with Crippen molar-refractivity contribution in [2.24, 2.45) is 5.92 Å². The number of aromatic nitrogens is 2. The Balaban J connectivity index is 1.39. The van der Waals surface area contributed by atoms with E-state index in [0.29, 0.717) is 31.2 Å². The summed E-state index contributed by atoms with van der Waals surface area (Å²) in [5, 5.41) is 1.08. The minimum Gasteiger partial charge on any atom is -0.493 e. The van der Waals surface area contributed by atoms with Crippen LogP contribution in [0.3, 0.4) is 0 Å². The zero-order valence-corrected chi connectivity index (χ0v) is 20.3. The highest BCUT2D eigenvalue weighted by Gasteiger charge is 2.20. The molecule has 0 radical (unpaired) electrons. The summed E-state index contributed by atoms with van der Waals surface area (Å²) >= 11 is 0. The molecule has 2 aromatic carbocycles. The molecule has 1 aliphatic rings.